The number of carbonyl (C=O) groups excluding carboxylic acids is 1. The maximum Gasteiger partial charge on any atom is 0.255 e. The van der Waals surface area contributed by atoms with Crippen LogP contribution in [0.1, 0.15) is 23.2 Å². The molecule has 1 fully saturated rings. The molecule has 4 heteroatoms. The molecule has 1 saturated heterocycles. The van der Waals surface area contributed by atoms with Crippen LogP contribution in [-0.4, -0.2) is 37.0 Å². The minimum Gasteiger partial charge on any atom is -0.463 e. The summed E-state index contributed by atoms with van der Waals surface area (Å²) in [5.74, 6) is -0.0282. The molecule has 0 atom stereocenters. The van der Waals surface area contributed by atoms with E-state index in [1.165, 1.54) is 0 Å². The fourth-order valence-corrected chi connectivity index (χ4v) is 2.57. The Morgan fingerprint density at radius 1 is 1.32 bits per heavy atom. The minimum absolute atomic E-state index is 0.0282. The number of para-hydroxylation sites is 1. The van der Waals surface area contributed by atoms with E-state index in [-0.39, 0.29) is 11.9 Å². The van der Waals surface area contributed by atoms with Crippen molar-refractivity contribution in [2.45, 2.75) is 18.9 Å². The summed E-state index contributed by atoms with van der Waals surface area (Å²) in [6.45, 7) is 2.08. The van der Waals surface area contributed by atoms with Gasteiger partial charge in [-0.25, -0.2) is 0 Å². The Labute approximate surface area is 112 Å². The Hall–Kier alpha value is -1.81. The van der Waals surface area contributed by atoms with Gasteiger partial charge in [0.2, 0.25) is 0 Å². The van der Waals surface area contributed by atoms with E-state index < -0.39 is 0 Å². The maximum absolute atomic E-state index is 12.3. The smallest absolute Gasteiger partial charge is 0.255 e. The Kier molecular flexibility index (Phi) is 3.25. The first kappa shape index (κ1) is 12.2. The lowest BCUT2D eigenvalue weighted by Gasteiger charge is -2.29. The number of nitrogens with one attached hydrogen (secondary N) is 1. The molecular formula is C15H18N2O2. The average Bonchev–Trinajstić information content (AvgIpc) is 2.85. The molecule has 1 aromatic carbocycles. The Morgan fingerprint density at radius 2 is 2.05 bits per heavy atom. The van der Waals surface area contributed by atoms with Crippen molar-refractivity contribution in [1.29, 1.82) is 0 Å². The molecular weight excluding hydrogens is 240 g/mol. The lowest BCUT2D eigenvalue weighted by molar-refractivity contribution is 0.0917. The van der Waals surface area contributed by atoms with Crippen molar-refractivity contribution in [3.8, 4) is 0 Å². The predicted octanol–water partition coefficient (Wildman–Crippen LogP) is 2.26. The number of hydrogen-bond acceptors (Lipinski definition) is 3. The highest BCUT2D eigenvalue weighted by Gasteiger charge is 2.20. The molecule has 0 aliphatic carbocycles. The number of piperidine rings is 1. The second-order valence-electron chi connectivity index (χ2n) is 5.20. The number of benzene rings is 1. The van der Waals surface area contributed by atoms with Crippen molar-refractivity contribution in [3.63, 3.8) is 0 Å². The van der Waals surface area contributed by atoms with Crippen molar-refractivity contribution in [2.24, 2.45) is 0 Å². The summed E-state index contributed by atoms with van der Waals surface area (Å²) in [6, 6.07) is 7.90. The van der Waals surface area contributed by atoms with Crippen LogP contribution in [0.5, 0.6) is 0 Å². The number of furan rings is 1. The molecule has 0 radical (unpaired) electrons. The zero-order valence-corrected chi connectivity index (χ0v) is 11.1. The number of carbonyl (C=O) groups is 1. The van der Waals surface area contributed by atoms with E-state index in [0.717, 1.165) is 36.9 Å². The van der Waals surface area contributed by atoms with Gasteiger partial charge < -0.3 is 14.6 Å². The van der Waals surface area contributed by atoms with E-state index >= 15 is 0 Å². The van der Waals surface area contributed by atoms with Crippen molar-refractivity contribution in [3.05, 3.63) is 36.1 Å². The number of fused-ring (bicyclic) bond motifs is 1. The van der Waals surface area contributed by atoms with Gasteiger partial charge in [-0.15, -0.1) is 0 Å². The van der Waals surface area contributed by atoms with Crippen LogP contribution in [0.2, 0.25) is 0 Å². The van der Waals surface area contributed by atoms with E-state index in [2.05, 4.69) is 17.3 Å². The Morgan fingerprint density at radius 3 is 2.84 bits per heavy atom. The Balaban J connectivity index is 1.73. The molecule has 1 amide bonds. The first-order valence-corrected chi connectivity index (χ1v) is 6.69. The lowest BCUT2D eigenvalue weighted by atomic mass is 10.0. The van der Waals surface area contributed by atoms with Gasteiger partial charge in [-0.3, -0.25) is 4.79 Å². The molecule has 100 valence electrons. The van der Waals surface area contributed by atoms with Gasteiger partial charge in [0, 0.05) is 11.4 Å². The second-order valence-corrected chi connectivity index (χ2v) is 5.20. The van der Waals surface area contributed by atoms with Crippen molar-refractivity contribution >= 4 is 16.9 Å². The van der Waals surface area contributed by atoms with E-state index in [1.807, 2.05) is 24.3 Å². The van der Waals surface area contributed by atoms with Gasteiger partial charge in [0.05, 0.1) is 5.56 Å². The summed E-state index contributed by atoms with van der Waals surface area (Å²) in [4.78, 5) is 14.6. The standard InChI is InChI=1S/C15H18N2O2/c1-17-8-6-11(7-9-17)16-15(18)13-10-19-14-5-3-2-4-12(13)14/h2-5,10-11H,6-9H2,1H3,(H,16,18). The number of nitrogens with zero attached hydrogens (tertiary/aromatic N) is 1. The van der Waals surface area contributed by atoms with Gasteiger partial charge in [0.1, 0.15) is 11.8 Å². The predicted molar refractivity (Wildman–Crippen MR) is 74.2 cm³/mol. The molecule has 1 aromatic heterocycles. The third-order valence-corrected chi connectivity index (χ3v) is 3.78. The molecule has 0 spiro atoms. The molecule has 2 heterocycles. The van der Waals surface area contributed by atoms with Crippen LogP contribution in [0.25, 0.3) is 11.0 Å². The van der Waals surface area contributed by atoms with Crippen LogP contribution < -0.4 is 5.32 Å². The molecule has 1 N–H and O–H groups in total. The summed E-state index contributed by atoms with van der Waals surface area (Å²) in [5.41, 5.74) is 1.39. The summed E-state index contributed by atoms with van der Waals surface area (Å²) in [7, 11) is 2.11. The largest absolute Gasteiger partial charge is 0.463 e. The van der Waals surface area contributed by atoms with Crippen molar-refractivity contribution in [2.75, 3.05) is 20.1 Å². The minimum atomic E-state index is -0.0282. The SMILES string of the molecule is CN1CCC(NC(=O)c2coc3ccccc23)CC1. The van der Waals surface area contributed by atoms with Crippen LogP contribution in [-0.2, 0) is 0 Å². The topological polar surface area (TPSA) is 45.5 Å². The van der Waals surface area contributed by atoms with E-state index in [0.29, 0.717) is 5.56 Å². The third kappa shape index (κ3) is 2.49. The monoisotopic (exact) mass is 258 g/mol. The first-order chi connectivity index (χ1) is 9.24. The van der Waals surface area contributed by atoms with Crippen molar-refractivity contribution in [1.82, 2.24) is 10.2 Å². The average molecular weight is 258 g/mol. The van der Waals surface area contributed by atoms with E-state index in [4.69, 9.17) is 4.42 Å². The van der Waals surface area contributed by atoms with E-state index in [1.54, 1.807) is 6.26 Å². The maximum atomic E-state index is 12.3. The van der Waals surface area contributed by atoms with Crippen molar-refractivity contribution < 1.29 is 9.21 Å². The van der Waals surface area contributed by atoms with Gasteiger partial charge >= 0.3 is 0 Å². The van der Waals surface area contributed by atoms with Crippen LogP contribution >= 0.6 is 0 Å². The first-order valence-electron chi connectivity index (χ1n) is 6.69. The van der Waals surface area contributed by atoms with Gasteiger partial charge in [-0.2, -0.15) is 0 Å². The summed E-state index contributed by atoms with van der Waals surface area (Å²) in [6.07, 6.45) is 3.57. The quantitative estimate of drug-likeness (QED) is 0.898. The highest BCUT2D eigenvalue weighted by Crippen LogP contribution is 2.21. The zero-order chi connectivity index (χ0) is 13.2. The fourth-order valence-electron chi connectivity index (χ4n) is 2.57. The summed E-state index contributed by atoms with van der Waals surface area (Å²) in [5, 5.41) is 3.99. The molecule has 0 bridgehead atoms. The molecule has 4 nitrogen and oxygen atoms in total. The van der Waals surface area contributed by atoms with Gasteiger partial charge in [0.15, 0.2) is 0 Å². The van der Waals surface area contributed by atoms with Gasteiger partial charge in [-0.1, -0.05) is 18.2 Å². The second kappa shape index (κ2) is 5.05. The van der Waals surface area contributed by atoms with Crippen LogP contribution in [0, 0.1) is 0 Å². The lowest BCUT2D eigenvalue weighted by Crippen LogP contribution is -2.43. The molecule has 1 aliphatic rings. The highest BCUT2D eigenvalue weighted by atomic mass is 16.3. The molecule has 1 aliphatic heterocycles. The van der Waals surface area contributed by atoms with E-state index in [9.17, 15) is 4.79 Å². The fraction of sp³-hybridized carbons (Fsp3) is 0.400. The highest BCUT2D eigenvalue weighted by molar-refractivity contribution is 6.05. The number of amides is 1. The molecule has 0 saturated carbocycles. The summed E-state index contributed by atoms with van der Waals surface area (Å²) < 4.78 is 5.41. The number of rotatable bonds is 2. The zero-order valence-electron chi connectivity index (χ0n) is 11.1. The molecule has 3 rings (SSSR count). The van der Waals surface area contributed by atoms with Crippen LogP contribution in [0.4, 0.5) is 0 Å². The number of likely N-dealkylation sites (tertiary alicyclic amines) is 1. The summed E-state index contributed by atoms with van der Waals surface area (Å²) >= 11 is 0. The molecule has 0 unspecified atom stereocenters. The Bertz CT molecular complexity index is 583. The van der Waals surface area contributed by atoms with Crippen LogP contribution in [0.3, 0.4) is 0 Å². The number of hydrogen-bond donors (Lipinski definition) is 1. The molecule has 19 heavy (non-hydrogen) atoms. The van der Waals surface area contributed by atoms with Crippen LogP contribution in [0.15, 0.2) is 34.9 Å². The van der Waals surface area contributed by atoms with Gasteiger partial charge in [-0.05, 0) is 39.0 Å². The third-order valence-electron chi connectivity index (χ3n) is 3.78. The van der Waals surface area contributed by atoms with Gasteiger partial charge in [0.25, 0.3) is 5.91 Å². The normalized spacial score (nSPS) is 17.7. The molecule has 2 aromatic rings.